The molecule has 10 heteroatoms. The van der Waals surface area contributed by atoms with E-state index in [1.807, 2.05) is 11.8 Å². The van der Waals surface area contributed by atoms with Crippen molar-refractivity contribution >= 4 is 11.6 Å². The van der Waals surface area contributed by atoms with Crippen molar-refractivity contribution in [1.29, 1.82) is 0 Å². The van der Waals surface area contributed by atoms with E-state index >= 15 is 0 Å². The van der Waals surface area contributed by atoms with E-state index in [4.69, 9.17) is 10.5 Å². The molecule has 0 spiro atoms. The molecular formula is C20H18F2N6O2. The van der Waals surface area contributed by atoms with E-state index in [0.29, 0.717) is 30.3 Å². The lowest BCUT2D eigenvalue weighted by molar-refractivity contribution is -0.120. The number of ether oxygens (including phenoxy) is 1. The van der Waals surface area contributed by atoms with Crippen LogP contribution in [-0.2, 0) is 11.2 Å². The Morgan fingerprint density at radius 3 is 2.73 bits per heavy atom. The van der Waals surface area contributed by atoms with Crippen LogP contribution >= 0.6 is 0 Å². The maximum Gasteiger partial charge on any atom is 0.255 e. The zero-order chi connectivity index (χ0) is 21.3. The Morgan fingerprint density at radius 1 is 1.23 bits per heavy atom. The van der Waals surface area contributed by atoms with E-state index in [1.165, 1.54) is 6.07 Å². The fourth-order valence-electron chi connectivity index (χ4n) is 3.41. The first-order valence-corrected chi connectivity index (χ1v) is 9.24. The molecular weight excluding hydrogens is 394 g/mol. The zero-order valence-electron chi connectivity index (χ0n) is 16.0. The highest BCUT2D eigenvalue weighted by Crippen LogP contribution is 2.36. The van der Waals surface area contributed by atoms with Crippen LogP contribution in [0.5, 0.6) is 5.75 Å². The van der Waals surface area contributed by atoms with Gasteiger partial charge in [-0.15, -0.1) is 0 Å². The molecule has 4 rings (SSSR count). The first-order valence-electron chi connectivity index (χ1n) is 9.24. The highest BCUT2D eigenvalue weighted by Gasteiger charge is 2.28. The van der Waals surface area contributed by atoms with Crippen molar-refractivity contribution in [2.24, 2.45) is 5.73 Å². The van der Waals surface area contributed by atoms with Crippen LogP contribution in [0.1, 0.15) is 24.2 Å². The number of hydrogen-bond acceptors (Lipinski definition) is 7. The van der Waals surface area contributed by atoms with Crippen LogP contribution in [-0.4, -0.2) is 39.0 Å². The molecule has 8 nitrogen and oxygen atoms in total. The van der Waals surface area contributed by atoms with Gasteiger partial charge in [-0.2, -0.15) is 4.39 Å². The van der Waals surface area contributed by atoms with Crippen LogP contribution in [0.3, 0.4) is 0 Å². The van der Waals surface area contributed by atoms with Crippen LogP contribution in [0.4, 0.5) is 14.5 Å². The van der Waals surface area contributed by atoms with Crippen molar-refractivity contribution in [3.63, 3.8) is 0 Å². The molecule has 1 aliphatic rings. The summed E-state index contributed by atoms with van der Waals surface area (Å²) in [4.78, 5) is 30.1. The first kappa shape index (κ1) is 19.6. The van der Waals surface area contributed by atoms with E-state index < -0.39 is 24.1 Å². The van der Waals surface area contributed by atoms with Crippen LogP contribution in [0.2, 0.25) is 0 Å². The van der Waals surface area contributed by atoms with Gasteiger partial charge in [0.2, 0.25) is 5.82 Å². The van der Waals surface area contributed by atoms with Gasteiger partial charge in [-0.1, -0.05) is 0 Å². The predicted octanol–water partition coefficient (Wildman–Crippen LogP) is 2.20. The summed E-state index contributed by atoms with van der Waals surface area (Å²) in [5.41, 5.74) is 7.16. The summed E-state index contributed by atoms with van der Waals surface area (Å²) in [7, 11) is 0. The van der Waals surface area contributed by atoms with E-state index in [9.17, 15) is 13.6 Å². The number of hydrogen-bond donors (Lipinski definition) is 1. The van der Waals surface area contributed by atoms with Crippen LogP contribution in [0.25, 0.3) is 11.6 Å². The van der Waals surface area contributed by atoms with Crippen molar-refractivity contribution in [2.45, 2.75) is 19.4 Å². The van der Waals surface area contributed by atoms with Gasteiger partial charge in [0.1, 0.15) is 0 Å². The number of amides is 1. The van der Waals surface area contributed by atoms with E-state index in [-0.39, 0.29) is 11.8 Å². The van der Waals surface area contributed by atoms with E-state index in [1.54, 1.807) is 24.7 Å². The van der Waals surface area contributed by atoms with E-state index in [0.717, 1.165) is 17.3 Å². The van der Waals surface area contributed by atoms with Gasteiger partial charge in [0.25, 0.3) is 5.91 Å². The molecule has 0 saturated carbocycles. The number of carbonyl (C=O) groups excluding carboxylic acids is 1. The highest BCUT2D eigenvalue weighted by atomic mass is 19.2. The fraction of sp³-hybridized carbons (Fsp3) is 0.250. The average molecular weight is 412 g/mol. The maximum atomic E-state index is 14.1. The van der Waals surface area contributed by atoms with Crippen molar-refractivity contribution in [3.05, 3.63) is 59.7 Å². The molecule has 0 radical (unpaired) electrons. The molecule has 3 heterocycles. The smallest absolute Gasteiger partial charge is 0.255 e. The standard InChI is InChI=1S/C20H18F2N6O2/c1-11-13-9-26-20(19-24-4-2-5-25-19)27-15(13)3-6-28(11)12-7-14(21)18(22)16(8-12)30-10-17(23)29/h2,4-5,7-9,11H,3,6,10H2,1H3,(H2,23,29). The summed E-state index contributed by atoms with van der Waals surface area (Å²) in [5.74, 6) is -2.51. The minimum atomic E-state index is -1.17. The molecule has 2 aromatic heterocycles. The number of aromatic nitrogens is 4. The second-order valence-electron chi connectivity index (χ2n) is 6.78. The Kier molecular flexibility index (Phi) is 5.21. The third kappa shape index (κ3) is 3.76. The number of primary amides is 1. The molecule has 0 aliphatic carbocycles. The summed E-state index contributed by atoms with van der Waals surface area (Å²) in [6.07, 6.45) is 5.51. The highest BCUT2D eigenvalue weighted by molar-refractivity contribution is 5.75. The Hall–Kier alpha value is -3.69. The van der Waals surface area contributed by atoms with Crippen LogP contribution < -0.4 is 15.4 Å². The Bertz CT molecular complexity index is 1100. The molecule has 0 fully saturated rings. The molecule has 0 bridgehead atoms. The van der Waals surface area contributed by atoms with Crippen molar-refractivity contribution in [1.82, 2.24) is 19.9 Å². The molecule has 1 aromatic carbocycles. The van der Waals surface area contributed by atoms with E-state index in [2.05, 4.69) is 19.9 Å². The summed E-state index contributed by atoms with van der Waals surface area (Å²) in [5, 5.41) is 0. The molecule has 0 saturated heterocycles. The van der Waals surface area contributed by atoms with Gasteiger partial charge >= 0.3 is 0 Å². The van der Waals surface area contributed by atoms with Gasteiger partial charge in [0, 0.05) is 54.9 Å². The molecule has 1 unspecified atom stereocenters. The quantitative estimate of drug-likeness (QED) is 0.685. The number of nitrogens with two attached hydrogens (primary N) is 1. The van der Waals surface area contributed by atoms with Gasteiger partial charge in [0.15, 0.2) is 29.8 Å². The Labute approximate surface area is 170 Å². The normalized spacial score (nSPS) is 15.6. The van der Waals surface area contributed by atoms with Crippen molar-refractivity contribution < 1.29 is 18.3 Å². The monoisotopic (exact) mass is 412 g/mol. The molecule has 1 amide bonds. The number of benzene rings is 1. The fourth-order valence-corrected chi connectivity index (χ4v) is 3.41. The Morgan fingerprint density at radius 2 is 2.00 bits per heavy atom. The van der Waals surface area contributed by atoms with Gasteiger partial charge in [-0.25, -0.2) is 24.3 Å². The van der Waals surface area contributed by atoms with Crippen LogP contribution in [0.15, 0.2) is 36.8 Å². The number of nitrogens with zero attached hydrogens (tertiary/aromatic N) is 5. The lowest BCUT2D eigenvalue weighted by atomic mass is 9.98. The number of carbonyl (C=O) groups is 1. The minimum Gasteiger partial charge on any atom is -0.481 e. The number of fused-ring (bicyclic) bond motifs is 1. The number of anilines is 1. The van der Waals surface area contributed by atoms with Crippen molar-refractivity contribution in [2.75, 3.05) is 18.1 Å². The van der Waals surface area contributed by atoms with Crippen LogP contribution in [0, 0.1) is 11.6 Å². The first-order chi connectivity index (χ1) is 14.4. The molecule has 154 valence electrons. The van der Waals surface area contributed by atoms with Gasteiger partial charge in [-0.05, 0) is 13.0 Å². The summed E-state index contributed by atoms with van der Waals surface area (Å²) in [6.45, 7) is 1.89. The Balaban J connectivity index is 1.63. The lowest BCUT2D eigenvalue weighted by Gasteiger charge is -2.36. The summed E-state index contributed by atoms with van der Waals surface area (Å²) >= 11 is 0. The number of rotatable bonds is 5. The topological polar surface area (TPSA) is 107 Å². The number of halogens is 2. The lowest BCUT2D eigenvalue weighted by Crippen LogP contribution is -2.35. The predicted molar refractivity (Wildman–Crippen MR) is 104 cm³/mol. The third-order valence-electron chi connectivity index (χ3n) is 4.85. The largest absolute Gasteiger partial charge is 0.481 e. The summed E-state index contributed by atoms with van der Waals surface area (Å²) < 4.78 is 33.2. The molecule has 3 aromatic rings. The molecule has 1 atom stereocenters. The van der Waals surface area contributed by atoms with Gasteiger partial charge in [-0.3, -0.25) is 4.79 Å². The molecule has 2 N–H and O–H groups in total. The minimum absolute atomic E-state index is 0.201. The molecule has 1 aliphatic heterocycles. The second kappa shape index (κ2) is 7.97. The maximum absolute atomic E-state index is 14.1. The van der Waals surface area contributed by atoms with Gasteiger partial charge < -0.3 is 15.4 Å². The third-order valence-corrected chi connectivity index (χ3v) is 4.85. The SMILES string of the molecule is CC1c2cnc(-c3ncccn3)nc2CCN1c1cc(F)c(F)c(OCC(N)=O)c1. The van der Waals surface area contributed by atoms with Crippen molar-refractivity contribution in [3.8, 4) is 17.4 Å². The average Bonchev–Trinajstić information content (AvgIpc) is 2.75. The molecule has 30 heavy (non-hydrogen) atoms. The zero-order valence-corrected chi connectivity index (χ0v) is 16.0. The second-order valence-corrected chi connectivity index (χ2v) is 6.78. The van der Waals surface area contributed by atoms with Gasteiger partial charge in [0.05, 0.1) is 11.7 Å². The summed E-state index contributed by atoms with van der Waals surface area (Å²) in [6, 6.07) is 3.97.